The molecule has 1 fully saturated rings. The van der Waals surface area contributed by atoms with Gasteiger partial charge in [-0.1, -0.05) is 43.0 Å². The minimum Gasteiger partial charge on any atom is -0.490 e. The predicted molar refractivity (Wildman–Crippen MR) is 84.6 cm³/mol. The van der Waals surface area contributed by atoms with Crippen molar-refractivity contribution in [2.45, 2.75) is 37.6 Å². The van der Waals surface area contributed by atoms with E-state index in [9.17, 15) is 4.79 Å². The van der Waals surface area contributed by atoms with Crippen molar-refractivity contribution in [3.8, 4) is 5.75 Å². The van der Waals surface area contributed by atoms with E-state index < -0.39 is 5.54 Å². The molecule has 0 bridgehead atoms. The van der Waals surface area contributed by atoms with Crippen LogP contribution in [0.5, 0.6) is 5.75 Å². The van der Waals surface area contributed by atoms with Crippen LogP contribution in [0.15, 0.2) is 24.3 Å². The summed E-state index contributed by atoms with van der Waals surface area (Å²) in [6.45, 7) is 0.908. The molecule has 1 saturated carbocycles. The van der Waals surface area contributed by atoms with Gasteiger partial charge in [0.25, 0.3) is 0 Å². The largest absolute Gasteiger partial charge is 0.490 e. The topological polar surface area (TPSA) is 55.6 Å². The van der Waals surface area contributed by atoms with Crippen molar-refractivity contribution in [3.63, 3.8) is 0 Å². The van der Waals surface area contributed by atoms with Gasteiger partial charge in [-0.25, -0.2) is 0 Å². The summed E-state index contributed by atoms with van der Waals surface area (Å²) in [5.41, 5.74) is 5.57. The van der Waals surface area contributed by atoms with Gasteiger partial charge in [-0.3, -0.25) is 4.79 Å². The van der Waals surface area contributed by atoms with E-state index in [0.29, 0.717) is 23.9 Å². The number of nitrogens with zero attached hydrogens (tertiary/aromatic N) is 1. The molecule has 21 heavy (non-hydrogen) atoms. The van der Waals surface area contributed by atoms with Crippen LogP contribution < -0.4 is 10.5 Å². The van der Waals surface area contributed by atoms with Crippen LogP contribution in [0, 0.1) is 0 Å². The summed E-state index contributed by atoms with van der Waals surface area (Å²) in [6, 6.07) is 7.32. The number of para-hydroxylation sites is 1. The van der Waals surface area contributed by atoms with Crippen molar-refractivity contribution in [2.75, 3.05) is 20.2 Å². The molecule has 0 atom stereocenters. The fraction of sp³-hybridized carbons (Fsp3) is 0.562. The van der Waals surface area contributed by atoms with Gasteiger partial charge in [0.1, 0.15) is 12.4 Å². The number of ether oxygens (including phenoxy) is 1. The normalized spacial score (nSPS) is 17.3. The molecule has 0 unspecified atom stereocenters. The summed E-state index contributed by atoms with van der Waals surface area (Å²) in [4.78, 5) is 14.1. The maximum atomic E-state index is 12.4. The molecule has 2 rings (SSSR count). The van der Waals surface area contributed by atoms with E-state index in [2.05, 4.69) is 0 Å². The van der Waals surface area contributed by atoms with E-state index in [1.54, 1.807) is 18.0 Å². The number of amides is 1. The number of hydrogen-bond acceptors (Lipinski definition) is 3. The van der Waals surface area contributed by atoms with Crippen LogP contribution in [-0.4, -0.2) is 36.5 Å². The summed E-state index contributed by atoms with van der Waals surface area (Å²) in [6.07, 6.45) is 4.80. The fourth-order valence-electron chi connectivity index (χ4n) is 2.73. The molecule has 1 aromatic rings. The zero-order chi connectivity index (χ0) is 15.3. The maximum Gasteiger partial charge on any atom is 0.242 e. The van der Waals surface area contributed by atoms with Gasteiger partial charge in [0.2, 0.25) is 5.91 Å². The van der Waals surface area contributed by atoms with Gasteiger partial charge in [0, 0.05) is 7.05 Å². The first-order valence-electron chi connectivity index (χ1n) is 7.45. The third-order valence-corrected chi connectivity index (χ3v) is 4.35. The highest BCUT2D eigenvalue weighted by molar-refractivity contribution is 6.32. The van der Waals surface area contributed by atoms with Gasteiger partial charge >= 0.3 is 0 Å². The van der Waals surface area contributed by atoms with Crippen LogP contribution >= 0.6 is 11.6 Å². The van der Waals surface area contributed by atoms with Gasteiger partial charge in [0.15, 0.2) is 0 Å². The van der Waals surface area contributed by atoms with Crippen LogP contribution in [0.25, 0.3) is 0 Å². The molecule has 0 saturated heterocycles. The third-order valence-electron chi connectivity index (χ3n) is 4.04. The lowest BCUT2D eigenvalue weighted by atomic mass is 9.81. The zero-order valence-corrected chi connectivity index (χ0v) is 13.2. The van der Waals surface area contributed by atoms with Crippen LogP contribution in [0.3, 0.4) is 0 Å². The summed E-state index contributed by atoms with van der Waals surface area (Å²) < 4.78 is 5.61. The second-order valence-electron chi connectivity index (χ2n) is 5.72. The van der Waals surface area contributed by atoms with E-state index in [-0.39, 0.29) is 5.91 Å². The molecule has 0 radical (unpaired) electrons. The first-order chi connectivity index (χ1) is 10.0. The van der Waals surface area contributed by atoms with Crippen molar-refractivity contribution in [3.05, 3.63) is 29.3 Å². The highest BCUT2D eigenvalue weighted by Crippen LogP contribution is 2.27. The van der Waals surface area contributed by atoms with Crippen molar-refractivity contribution in [2.24, 2.45) is 5.73 Å². The molecule has 0 aromatic heterocycles. The summed E-state index contributed by atoms with van der Waals surface area (Å²) >= 11 is 6.02. The number of halogens is 1. The molecular weight excluding hydrogens is 288 g/mol. The van der Waals surface area contributed by atoms with Gasteiger partial charge < -0.3 is 15.4 Å². The zero-order valence-electron chi connectivity index (χ0n) is 12.5. The molecule has 1 amide bonds. The van der Waals surface area contributed by atoms with Crippen molar-refractivity contribution >= 4 is 17.5 Å². The van der Waals surface area contributed by atoms with E-state index in [4.69, 9.17) is 22.1 Å². The van der Waals surface area contributed by atoms with E-state index >= 15 is 0 Å². The lowest BCUT2D eigenvalue weighted by Crippen LogP contribution is -2.55. The molecule has 0 heterocycles. The standard InChI is InChI=1S/C16H23ClN2O2/c1-19(15(20)16(18)9-5-2-6-10-16)11-12-21-14-8-4-3-7-13(14)17/h3-4,7-8H,2,5-6,9-12,18H2,1H3. The molecule has 0 spiro atoms. The van der Waals surface area contributed by atoms with Crippen LogP contribution in [-0.2, 0) is 4.79 Å². The second kappa shape index (κ2) is 7.14. The molecule has 4 nitrogen and oxygen atoms in total. The Morgan fingerprint density at radius 3 is 2.67 bits per heavy atom. The molecule has 1 aliphatic rings. The van der Waals surface area contributed by atoms with Gasteiger partial charge in [0.05, 0.1) is 17.1 Å². The molecular formula is C16H23ClN2O2. The number of hydrogen-bond donors (Lipinski definition) is 1. The maximum absolute atomic E-state index is 12.4. The number of benzene rings is 1. The van der Waals surface area contributed by atoms with E-state index in [0.717, 1.165) is 25.7 Å². The molecule has 116 valence electrons. The molecule has 5 heteroatoms. The lowest BCUT2D eigenvalue weighted by Gasteiger charge is -2.35. The summed E-state index contributed by atoms with van der Waals surface area (Å²) in [7, 11) is 1.78. The summed E-state index contributed by atoms with van der Waals surface area (Å²) in [5.74, 6) is 0.658. The van der Waals surface area contributed by atoms with Crippen molar-refractivity contribution in [1.29, 1.82) is 0 Å². The Labute approximate surface area is 131 Å². The minimum absolute atomic E-state index is 0.0185. The monoisotopic (exact) mass is 310 g/mol. The van der Waals surface area contributed by atoms with Crippen molar-refractivity contribution in [1.82, 2.24) is 4.90 Å². The Morgan fingerprint density at radius 2 is 2.00 bits per heavy atom. The highest BCUT2D eigenvalue weighted by Gasteiger charge is 2.37. The van der Waals surface area contributed by atoms with Crippen LogP contribution in [0.1, 0.15) is 32.1 Å². The smallest absolute Gasteiger partial charge is 0.242 e. The first kappa shape index (κ1) is 16.1. The molecule has 1 aliphatic carbocycles. The second-order valence-corrected chi connectivity index (χ2v) is 6.13. The number of rotatable bonds is 5. The first-order valence-corrected chi connectivity index (χ1v) is 7.82. The molecule has 2 N–H and O–H groups in total. The van der Waals surface area contributed by atoms with Crippen LogP contribution in [0.2, 0.25) is 5.02 Å². The number of carbonyl (C=O) groups excluding carboxylic acids is 1. The number of likely N-dealkylation sites (N-methyl/N-ethyl adjacent to an activating group) is 1. The fourth-order valence-corrected chi connectivity index (χ4v) is 2.92. The Kier molecular flexibility index (Phi) is 5.48. The number of carbonyl (C=O) groups is 1. The SMILES string of the molecule is CN(CCOc1ccccc1Cl)C(=O)C1(N)CCCCC1. The van der Waals surface area contributed by atoms with Crippen LogP contribution in [0.4, 0.5) is 0 Å². The molecule has 0 aliphatic heterocycles. The van der Waals surface area contributed by atoms with Gasteiger partial charge in [-0.05, 0) is 25.0 Å². The van der Waals surface area contributed by atoms with Crippen molar-refractivity contribution < 1.29 is 9.53 Å². The quantitative estimate of drug-likeness (QED) is 0.910. The lowest BCUT2D eigenvalue weighted by molar-refractivity contribution is -0.137. The minimum atomic E-state index is -0.683. The predicted octanol–water partition coefficient (Wildman–Crippen LogP) is 2.84. The van der Waals surface area contributed by atoms with Gasteiger partial charge in [-0.15, -0.1) is 0 Å². The van der Waals surface area contributed by atoms with E-state index in [1.165, 1.54) is 6.42 Å². The molecule has 1 aromatic carbocycles. The Morgan fingerprint density at radius 1 is 1.33 bits per heavy atom. The average molecular weight is 311 g/mol. The van der Waals surface area contributed by atoms with E-state index in [1.807, 2.05) is 18.2 Å². The Balaban J connectivity index is 1.83. The Bertz CT molecular complexity index is 487. The number of nitrogens with two attached hydrogens (primary N) is 1. The third kappa shape index (κ3) is 4.11. The average Bonchev–Trinajstić information content (AvgIpc) is 2.49. The highest BCUT2D eigenvalue weighted by atomic mass is 35.5. The summed E-state index contributed by atoms with van der Waals surface area (Å²) in [5, 5.41) is 0.578. The Hall–Kier alpha value is -1.26. The van der Waals surface area contributed by atoms with Gasteiger partial charge in [-0.2, -0.15) is 0 Å².